The zero-order valence-corrected chi connectivity index (χ0v) is 8.58. The second-order valence-electron chi connectivity index (χ2n) is 2.26. The topological polar surface area (TPSA) is 26.3 Å². The summed E-state index contributed by atoms with van der Waals surface area (Å²) in [6.45, 7) is 4.45. The van der Waals surface area contributed by atoms with Crippen molar-refractivity contribution >= 4 is 23.3 Å². The van der Waals surface area contributed by atoms with Crippen LogP contribution in [0.15, 0.2) is 0 Å². The molecule has 0 aliphatic carbocycles. The highest BCUT2D eigenvalue weighted by atomic mass is 27.0. The van der Waals surface area contributed by atoms with E-state index in [9.17, 15) is 4.79 Å². The first-order valence-electron chi connectivity index (χ1n) is 3.96. The minimum absolute atomic E-state index is 0. The van der Waals surface area contributed by atoms with Gasteiger partial charge in [0.1, 0.15) is 0 Å². The summed E-state index contributed by atoms with van der Waals surface area (Å²) in [5, 5.41) is 0. The van der Waals surface area contributed by atoms with Crippen LogP contribution in [-0.2, 0) is 9.53 Å². The Kier molecular flexibility index (Phi) is 12.4. The fourth-order valence-electron chi connectivity index (χ4n) is 0.752. The van der Waals surface area contributed by atoms with Crippen LogP contribution in [0.2, 0.25) is 0 Å². The van der Waals surface area contributed by atoms with E-state index >= 15 is 0 Å². The molecule has 0 N–H and O–H groups in total. The van der Waals surface area contributed by atoms with E-state index in [1.54, 1.807) is 0 Å². The summed E-state index contributed by atoms with van der Waals surface area (Å²) >= 11 is 0. The van der Waals surface area contributed by atoms with E-state index in [4.69, 9.17) is 4.74 Å². The molecule has 3 radical (unpaired) electrons. The number of carbonyl (C=O) groups excluding carboxylic acids is 1. The normalized spacial score (nSPS) is 8.55. The third-order valence-electron chi connectivity index (χ3n) is 1.29. The molecule has 0 spiro atoms. The minimum Gasteiger partial charge on any atom is -0.466 e. The van der Waals surface area contributed by atoms with Gasteiger partial charge >= 0.3 is 5.97 Å². The van der Waals surface area contributed by atoms with Gasteiger partial charge in [0.2, 0.25) is 0 Å². The second kappa shape index (κ2) is 10.0. The second-order valence-corrected chi connectivity index (χ2v) is 2.26. The molecule has 0 atom stereocenters. The molecule has 0 saturated heterocycles. The quantitative estimate of drug-likeness (QED) is 0.358. The lowest BCUT2D eigenvalue weighted by Gasteiger charge is -1.99. The first-order valence-corrected chi connectivity index (χ1v) is 3.96. The Hall–Kier alpha value is 0.00247. The average Bonchev–Trinajstić information content (AvgIpc) is 1.89. The predicted octanol–water partition coefficient (Wildman–Crippen LogP) is 1.75. The van der Waals surface area contributed by atoms with Crippen LogP contribution in [0.4, 0.5) is 0 Å². The van der Waals surface area contributed by atoms with E-state index in [1.807, 2.05) is 6.92 Å². The highest BCUT2D eigenvalue weighted by Crippen LogP contribution is 1.99. The molecule has 0 aromatic rings. The lowest BCUT2D eigenvalue weighted by Crippen LogP contribution is -2.02. The molecule has 0 fully saturated rings. The molecule has 0 unspecified atom stereocenters. The van der Waals surface area contributed by atoms with Gasteiger partial charge in [0, 0.05) is 23.8 Å². The van der Waals surface area contributed by atoms with Crippen LogP contribution >= 0.6 is 0 Å². The Morgan fingerprint density at radius 3 is 2.36 bits per heavy atom. The summed E-state index contributed by atoms with van der Waals surface area (Å²) < 4.78 is 4.75. The molecule has 0 bridgehead atoms. The van der Waals surface area contributed by atoms with Crippen molar-refractivity contribution < 1.29 is 9.53 Å². The van der Waals surface area contributed by atoms with Crippen molar-refractivity contribution in [3.05, 3.63) is 0 Å². The van der Waals surface area contributed by atoms with Gasteiger partial charge in [-0.25, -0.2) is 0 Å². The van der Waals surface area contributed by atoms with E-state index in [0.717, 1.165) is 19.3 Å². The molecule has 0 heterocycles. The predicted molar refractivity (Wildman–Crippen MR) is 46.5 cm³/mol. The Bertz CT molecular complexity index is 94.1. The maximum Gasteiger partial charge on any atom is 0.305 e. The van der Waals surface area contributed by atoms with Crippen LogP contribution in [-0.4, -0.2) is 29.9 Å². The molecule has 3 heteroatoms. The van der Waals surface area contributed by atoms with Crippen molar-refractivity contribution in [1.29, 1.82) is 0 Å². The molecule has 0 amide bonds. The largest absolute Gasteiger partial charge is 0.466 e. The molecule has 0 rings (SSSR count). The Balaban J connectivity index is 0. The molecule has 11 heavy (non-hydrogen) atoms. The fourth-order valence-corrected chi connectivity index (χ4v) is 0.752. The standard InChI is InChI=1S/C8H16O2.Al/c1-3-5-6-7-8(9)10-4-2;/h3-7H2,1-2H3;. The van der Waals surface area contributed by atoms with E-state index < -0.39 is 0 Å². The van der Waals surface area contributed by atoms with Crippen LogP contribution < -0.4 is 0 Å². The summed E-state index contributed by atoms with van der Waals surface area (Å²) in [5.74, 6) is -0.0593. The first kappa shape index (κ1) is 13.6. The van der Waals surface area contributed by atoms with Gasteiger partial charge in [-0.15, -0.1) is 0 Å². The maximum atomic E-state index is 10.7. The van der Waals surface area contributed by atoms with Crippen LogP contribution in [0.25, 0.3) is 0 Å². The third kappa shape index (κ3) is 10.0. The van der Waals surface area contributed by atoms with Gasteiger partial charge < -0.3 is 4.74 Å². The lowest BCUT2D eigenvalue weighted by atomic mass is 10.2. The van der Waals surface area contributed by atoms with Gasteiger partial charge in [-0.3, -0.25) is 4.79 Å². The van der Waals surface area contributed by atoms with Crippen LogP contribution in [0.1, 0.15) is 39.5 Å². The van der Waals surface area contributed by atoms with Gasteiger partial charge in [-0.05, 0) is 13.3 Å². The molecule has 0 aromatic carbocycles. The van der Waals surface area contributed by atoms with Gasteiger partial charge in [0.25, 0.3) is 0 Å². The Labute approximate surface area is 79.4 Å². The first-order chi connectivity index (χ1) is 4.81. The Morgan fingerprint density at radius 2 is 1.91 bits per heavy atom. The zero-order chi connectivity index (χ0) is 7.82. The van der Waals surface area contributed by atoms with E-state index in [0.29, 0.717) is 13.0 Å². The molecule has 0 aliphatic heterocycles. The SMILES string of the molecule is CCCCCC(=O)OCC.[Al]. The molecule has 0 aromatic heterocycles. The zero-order valence-electron chi connectivity index (χ0n) is 7.43. The summed E-state index contributed by atoms with van der Waals surface area (Å²) in [4.78, 5) is 10.7. The van der Waals surface area contributed by atoms with Gasteiger partial charge in [-0.1, -0.05) is 19.8 Å². The van der Waals surface area contributed by atoms with Crippen molar-refractivity contribution in [2.75, 3.05) is 6.61 Å². The summed E-state index contributed by atoms with van der Waals surface area (Å²) in [6.07, 6.45) is 3.83. The highest BCUT2D eigenvalue weighted by Gasteiger charge is 1.98. The average molecular weight is 171 g/mol. The van der Waals surface area contributed by atoms with E-state index in [-0.39, 0.29) is 23.3 Å². The summed E-state index contributed by atoms with van der Waals surface area (Å²) in [6, 6.07) is 0. The summed E-state index contributed by atoms with van der Waals surface area (Å²) in [5.41, 5.74) is 0. The van der Waals surface area contributed by atoms with Gasteiger partial charge in [0.05, 0.1) is 6.61 Å². The third-order valence-corrected chi connectivity index (χ3v) is 1.29. The molecule has 0 aliphatic rings. The van der Waals surface area contributed by atoms with Crippen LogP contribution in [0.5, 0.6) is 0 Å². The van der Waals surface area contributed by atoms with Gasteiger partial charge in [0.15, 0.2) is 0 Å². The van der Waals surface area contributed by atoms with Crippen LogP contribution in [0.3, 0.4) is 0 Å². The number of hydrogen-bond acceptors (Lipinski definition) is 2. The van der Waals surface area contributed by atoms with Crippen molar-refractivity contribution in [3.8, 4) is 0 Å². The fraction of sp³-hybridized carbons (Fsp3) is 0.875. The van der Waals surface area contributed by atoms with E-state index in [1.165, 1.54) is 0 Å². The van der Waals surface area contributed by atoms with Crippen molar-refractivity contribution in [3.63, 3.8) is 0 Å². The van der Waals surface area contributed by atoms with Crippen molar-refractivity contribution in [2.45, 2.75) is 39.5 Å². The number of ether oxygens (including phenoxy) is 1. The number of unbranched alkanes of at least 4 members (excludes halogenated alkanes) is 2. The highest BCUT2D eigenvalue weighted by molar-refractivity contribution is 5.75. The number of hydrogen-bond donors (Lipinski definition) is 0. The number of esters is 1. The molecular weight excluding hydrogens is 155 g/mol. The summed E-state index contributed by atoms with van der Waals surface area (Å²) in [7, 11) is 0. The molecular formula is C8H16AlO2. The monoisotopic (exact) mass is 171 g/mol. The molecule has 0 saturated carbocycles. The number of carbonyl (C=O) groups is 1. The van der Waals surface area contributed by atoms with Crippen LogP contribution in [0, 0.1) is 0 Å². The van der Waals surface area contributed by atoms with Crippen molar-refractivity contribution in [2.24, 2.45) is 0 Å². The van der Waals surface area contributed by atoms with E-state index in [2.05, 4.69) is 6.92 Å². The Morgan fingerprint density at radius 1 is 1.27 bits per heavy atom. The lowest BCUT2D eigenvalue weighted by molar-refractivity contribution is -0.143. The molecule has 2 nitrogen and oxygen atoms in total. The minimum atomic E-state index is -0.0593. The van der Waals surface area contributed by atoms with Crippen molar-refractivity contribution in [1.82, 2.24) is 0 Å². The number of rotatable bonds is 5. The van der Waals surface area contributed by atoms with Gasteiger partial charge in [-0.2, -0.15) is 0 Å². The molecule has 63 valence electrons. The maximum absolute atomic E-state index is 10.7. The smallest absolute Gasteiger partial charge is 0.305 e.